The van der Waals surface area contributed by atoms with Crippen LogP contribution in [0.2, 0.25) is 0 Å². The maximum atomic E-state index is 11.1. The fourth-order valence-electron chi connectivity index (χ4n) is 0.739. The van der Waals surface area contributed by atoms with Gasteiger partial charge in [-0.1, -0.05) is 0 Å². The van der Waals surface area contributed by atoms with E-state index < -0.39 is 21.0 Å². The van der Waals surface area contributed by atoms with Gasteiger partial charge in [0.2, 0.25) is 0 Å². The van der Waals surface area contributed by atoms with Crippen molar-refractivity contribution >= 4 is 9.09 Å². The molecule has 76 valence electrons. The van der Waals surface area contributed by atoms with Gasteiger partial charge in [-0.2, -0.15) is 0 Å². The summed E-state index contributed by atoms with van der Waals surface area (Å²) in [7, 11) is 0. The molecule has 7 nitrogen and oxygen atoms in total. The first-order valence-corrected chi connectivity index (χ1v) is 7.13. The molecule has 1 heterocycles. The average Bonchev–Trinajstić information content (AvgIpc) is 2.04. The zero-order valence-electron chi connectivity index (χ0n) is 6.73. The summed E-state index contributed by atoms with van der Waals surface area (Å²) in [5.41, 5.74) is 0. The van der Waals surface area contributed by atoms with E-state index in [-0.39, 0.29) is 0 Å². The summed E-state index contributed by atoms with van der Waals surface area (Å²) in [6.07, 6.45) is 0.892. The maximum absolute atomic E-state index is 11.1. The Balaban J connectivity index is 3.85. The molecular formula is C6H6NO6V. The predicted molar refractivity (Wildman–Crippen MR) is 36.2 cm³/mol. The SMILES string of the molecule is O=[C](O)[V](=[O])(=[O])(=[O])([OH])[c]1ccccn1. The van der Waals surface area contributed by atoms with E-state index in [1.54, 1.807) is 0 Å². The van der Waals surface area contributed by atoms with Gasteiger partial charge in [-0.3, -0.25) is 0 Å². The Morgan fingerprint density at radius 1 is 1.29 bits per heavy atom. The van der Waals surface area contributed by atoms with Crippen molar-refractivity contribution in [1.82, 2.24) is 4.98 Å². The molecule has 0 saturated heterocycles. The number of nitrogens with zero attached hydrogens (tertiary/aromatic N) is 1. The van der Waals surface area contributed by atoms with Gasteiger partial charge in [0.1, 0.15) is 0 Å². The van der Waals surface area contributed by atoms with Gasteiger partial charge >= 0.3 is 75.4 Å². The Morgan fingerprint density at radius 3 is 2.21 bits per heavy atom. The molecule has 0 aliphatic rings. The molecule has 0 amide bonds. The predicted octanol–water partition coefficient (Wildman–Crippen LogP) is -0.446. The molecule has 1 rings (SSSR count). The van der Waals surface area contributed by atoms with Crippen molar-refractivity contribution < 1.29 is 36.9 Å². The summed E-state index contributed by atoms with van der Waals surface area (Å²) >= 11 is -8.75. The standard InChI is InChI=1S/C5H4N.CHO2.H2O.3O.V/c1-2-4-6-5-3-1;2-1-3;;;;;/h1-4H;(H,2,3);1H2;;;;/q;;;;;;+1/p-1. The monoisotopic (exact) mass is 239 g/mol. The molecule has 0 saturated carbocycles. The summed E-state index contributed by atoms with van der Waals surface area (Å²) < 4.78 is 38.0. The third-order valence-electron chi connectivity index (χ3n) is 1.56. The molecule has 0 spiro atoms. The molecule has 2 N–H and O–H groups in total. The quantitative estimate of drug-likeness (QED) is 0.716. The molecule has 0 aliphatic carbocycles. The van der Waals surface area contributed by atoms with Crippen molar-refractivity contribution in [3.05, 3.63) is 24.4 Å². The van der Waals surface area contributed by atoms with Gasteiger partial charge in [0, 0.05) is 0 Å². The average molecular weight is 239 g/mol. The van der Waals surface area contributed by atoms with E-state index in [1.165, 1.54) is 6.07 Å². The molecule has 0 unspecified atom stereocenters. The molecule has 8 heteroatoms. The molecule has 0 aromatic carbocycles. The summed E-state index contributed by atoms with van der Waals surface area (Å²) in [6, 6.07) is 2.98. The molecule has 0 atom stereocenters. The summed E-state index contributed by atoms with van der Waals surface area (Å²) in [5, 5.41) is 8.26. The van der Waals surface area contributed by atoms with Gasteiger partial charge in [0.15, 0.2) is 0 Å². The second-order valence-electron chi connectivity index (χ2n) is 2.80. The van der Waals surface area contributed by atoms with Crippen LogP contribution in [0, 0.1) is 0 Å². The fourth-order valence-corrected chi connectivity index (χ4v) is 2.18. The minimum absolute atomic E-state index is 0.626. The molecular weight excluding hydrogens is 233 g/mol. The number of carboxylic acid groups (broad SMARTS) is 1. The third kappa shape index (κ3) is 1.37. The summed E-state index contributed by atoms with van der Waals surface area (Å²) in [6.45, 7) is 0. The molecule has 14 heavy (non-hydrogen) atoms. The Morgan fingerprint density at radius 2 is 1.86 bits per heavy atom. The van der Waals surface area contributed by atoms with Gasteiger partial charge in [-0.25, -0.2) is 0 Å². The number of hydrogen-bond acceptors (Lipinski definition) is 5. The summed E-state index contributed by atoms with van der Waals surface area (Å²) in [4.78, 5) is 13.3. The van der Waals surface area contributed by atoms with Crippen molar-refractivity contribution in [3.8, 4) is 0 Å². The number of hydrogen-bond donors (Lipinski definition) is 2. The molecule has 0 bridgehead atoms. The van der Waals surface area contributed by atoms with Crippen LogP contribution in [0.4, 0.5) is 4.79 Å². The summed E-state index contributed by atoms with van der Waals surface area (Å²) in [5.74, 6) is 0. The Hall–Kier alpha value is -1.44. The van der Waals surface area contributed by atoms with Crippen molar-refractivity contribution in [2.45, 2.75) is 0 Å². The van der Waals surface area contributed by atoms with Crippen LogP contribution in [0.25, 0.3) is 0 Å². The molecule has 1 aromatic heterocycles. The van der Waals surface area contributed by atoms with Crippen LogP contribution in [0.3, 0.4) is 0 Å². The Bertz CT molecular complexity index is 615. The van der Waals surface area contributed by atoms with Gasteiger partial charge in [0.25, 0.3) is 0 Å². The second kappa shape index (κ2) is 2.14. The van der Waals surface area contributed by atoms with Crippen LogP contribution < -0.4 is 4.41 Å². The first-order chi connectivity index (χ1) is 6.08. The van der Waals surface area contributed by atoms with Gasteiger partial charge in [0.05, 0.1) is 0 Å². The molecule has 0 fully saturated rings. The Kier molecular flexibility index (Phi) is 1.63. The van der Waals surface area contributed by atoms with E-state index in [0.717, 1.165) is 12.3 Å². The zero-order valence-corrected chi connectivity index (χ0v) is 8.13. The van der Waals surface area contributed by atoms with Crippen LogP contribution in [0.1, 0.15) is 0 Å². The molecule has 1 aromatic rings. The first kappa shape index (κ1) is 10.6. The number of carbonyl (C=O) groups is 1. The second-order valence-corrected chi connectivity index (χ2v) is 8.26. The topological polar surface area (TPSA) is 122 Å². The van der Waals surface area contributed by atoms with E-state index in [1.807, 2.05) is 0 Å². The van der Waals surface area contributed by atoms with Crippen molar-refractivity contribution in [2.75, 3.05) is 0 Å². The van der Waals surface area contributed by atoms with Crippen molar-refractivity contribution in [2.24, 2.45) is 0 Å². The Labute approximate surface area is 75.9 Å². The number of aromatic nitrogens is 1. The van der Waals surface area contributed by atoms with Crippen LogP contribution in [0.15, 0.2) is 24.4 Å². The van der Waals surface area contributed by atoms with E-state index >= 15 is 0 Å². The van der Waals surface area contributed by atoms with Gasteiger partial charge in [-0.05, 0) is 0 Å². The normalized spacial score (nSPS) is 14.1. The number of rotatable bonds is 2. The van der Waals surface area contributed by atoms with Crippen LogP contribution >= 0.6 is 0 Å². The van der Waals surface area contributed by atoms with Gasteiger partial charge < -0.3 is 0 Å². The van der Waals surface area contributed by atoms with Gasteiger partial charge in [-0.15, -0.1) is 0 Å². The minimum atomic E-state index is -8.75. The first-order valence-electron chi connectivity index (χ1n) is 3.39. The molecule has 0 aliphatic heterocycles. The van der Waals surface area contributed by atoms with Crippen molar-refractivity contribution in [3.63, 3.8) is 0 Å². The van der Waals surface area contributed by atoms with Crippen LogP contribution in [-0.2, 0) is 23.0 Å². The van der Waals surface area contributed by atoms with E-state index in [9.17, 15) is 15.8 Å². The van der Waals surface area contributed by atoms with Crippen LogP contribution in [-0.4, -0.2) is 18.8 Å². The van der Waals surface area contributed by atoms with E-state index in [2.05, 4.69) is 4.98 Å². The van der Waals surface area contributed by atoms with Crippen molar-refractivity contribution in [1.29, 1.82) is 0 Å². The van der Waals surface area contributed by atoms with Crippen LogP contribution in [0.5, 0.6) is 0 Å². The number of pyridine rings is 1. The van der Waals surface area contributed by atoms with E-state index in [4.69, 9.17) is 9.14 Å². The zero-order chi connectivity index (χ0) is 11.1. The third-order valence-corrected chi connectivity index (χ3v) is 4.83. The fraction of sp³-hybridized carbons (Fsp3) is 0. The van der Waals surface area contributed by atoms with E-state index in [0.29, 0.717) is 6.07 Å². The molecule has 0 radical (unpaired) electrons.